The Morgan fingerprint density at radius 2 is 1.71 bits per heavy atom. The van der Waals surface area contributed by atoms with E-state index >= 15 is 0 Å². The molecule has 0 saturated heterocycles. The van der Waals surface area contributed by atoms with E-state index in [0.29, 0.717) is 17.1 Å². The van der Waals surface area contributed by atoms with Gasteiger partial charge in [-0.2, -0.15) is 0 Å². The SMILES string of the molecule is COc1cc(C(C(=O)NC2CCCCCC2)N(Cc2ccccc2)C(=O)CCl)ccc1OC(C)C. The molecule has 0 radical (unpaired) electrons. The molecule has 3 rings (SSSR count). The number of hydrogen-bond acceptors (Lipinski definition) is 4. The van der Waals surface area contributed by atoms with Crippen LogP contribution in [0.4, 0.5) is 0 Å². The molecule has 1 unspecified atom stereocenters. The van der Waals surface area contributed by atoms with Crippen molar-refractivity contribution in [2.75, 3.05) is 13.0 Å². The van der Waals surface area contributed by atoms with Crippen molar-refractivity contribution in [3.05, 3.63) is 59.7 Å². The largest absolute Gasteiger partial charge is 0.493 e. The summed E-state index contributed by atoms with van der Waals surface area (Å²) in [7, 11) is 1.57. The molecule has 1 atom stereocenters. The summed E-state index contributed by atoms with van der Waals surface area (Å²) >= 11 is 6.04. The number of nitrogens with one attached hydrogen (secondary N) is 1. The summed E-state index contributed by atoms with van der Waals surface area (Å²) in [6, 6.07) is 14.3. The van der Waals surface area contributed by atoms with Crippen LogP contribution >= 0.6 is 11.6 Å². The van der Waals surface area contributed by atoms with Crippen LogP contribution in [0, 0.1) is 0 Å². The minimum Gasteiger partial charge on any atom is -0.493 e. The Hall–Kier alpha value is -2.73. The number of amides is 2. The summed E-state index contributed by atoms with van der Waals surface area (Å²) in [4.78, 5) is 28.5. The molecule has 0 aliphatic heterocycles. The molecule has 1 saturated carbocycles. The standard InChI is InChI=1S/C28H37ClN2O4/c1-20(2)35-24-16-15-22(17-25(24)34-3)27(28(33)30-23-13-9-4-5-10-14-23)31(26(32)18-29)19-21-11-7-6-8-12-21/h6-8,11-12,15-17,20,23,27H,4-5,9-10,13-14,18-19H2,1-3H3,(H,30,33). The molecule has 1 aliphatic carbocycles. The van der Waals surface area contributed by atoms with Crippen molar-refractivity contribution in [2.24, 2.45) is 0 Å². The van der Waals surface area contributed by atoms with E-state index in [2.05, 4.69) is 5.32 Å². The van der Waals surface area contributed by atoms with Crippen molar-refractivity contribution in [2.45, 2.75) is 77.1 Å². The zero-order valence-electron chi connectivity index (χ0n) is 21.0. The van der Waals surface area contributed by atoms with Gasteiger partial charge in [-0.1, -0.05) is 62.1 Å². The number of carbonyl (C=O) groups excluding carboxylic acids is 2. The maximum Gasteiger partial charge on any atom is 0.247 e. The van der Waals surface area contributed by atoms with Gasteiger partial charge in [0.15, 0.2) is 11.5 Å². The molecule has 2 aromatic rings. The van der Waals surface area contributed by atoms with Crippen molar-refractivity contribution >= 4 is 23.4 Å². The number of alkyl halides is 1. The number of methoxy groups -OCH3 is 1. The van der Waals surface area contributed by atoms with Gasteiger partial charge in [-0.3, -0.25) is 9.59 Å². The lowest BCUT2D eigenvalue weighted by Crippen LogP contribution is -2.46. The van der Waals surface area contributed by atoms with Crippen molar-refractivity contribution in [3.8, 4) is 11.5 Å². The van der Waals surface area contributed by atoms with Gasteiger partial charge in [0.25, 0.3) is 0 Å². The Bertz CT molecular complexity index is 959. The lowest BCUT2D eigenvalue weighted by atomic mass is 10.0. The van der Waals surface area contributed by atoms with Gasteiger partial charge in [-0.15, -0.1) is 11.6 Å². The van der Waals surface area contributed by atoms with Crippen molar-refractivity contribution in [1.29, 1.82) is 0 Å². The topological polar surface area (TPSA) is 67.9 Å². The predicted octanol–water partition coefficient (Wildman–Crippen LogP) is 5.63. The molecule has 1 aliphatic rings. The molecule has 1 fully saturated rings. The molecular weight excluding hydrogens is 464 g/mol. The zero-order chi connectivity index (χ0) is 25.2. The van der Waals surface area contributed by atoms with Gasteiger partial charge in [-0.05, 0) is 49.9 Å². The minimum absolute atomic E-state index is 0.0310. The normalized spacial score (nSPS) is 15.2. The quantitative estimate of drug-likeness (QED) is 0.339. The Morgan fingerprint density at radius 3 is 2.31 bits per heavy atom. The smallest absolute Gasteiger partial charge is 0.247 e. The number of halogens is 1. The van der Waals surface area contributed by atoms with Crippen LogP contribution < -0.4 is 14.8 Å². The second-order valence-corrected chi connectivity index (χ2v) is 9.58. The number of carbonyl (C=O) groups is 2. The molecule has 0 aromatic heterocycles. The van der Waals surface area contributed by atoms with E-state index in [0.717, 1.165) is 31.2 Å². The fraction of sp³-hybridized carbons (Fsp3) is 0.500. The lowest BCUT2D eigenvalue weighted by Gasteiger charge is -2.32. The van der Waals surface area contributed by atoms with E-state index in [-0.39, 0.29) is 36.4 Å². The van der Waals surface area contributed by atoms with Crippen LogP contribution in [0.5, 0.6) is 11.5 Å². The van der Waals surface area contributed by atoms with Crippen LogP contribution in [0.1, 0.15) is 69.5 Å². The van der Waals surface area contributed by atoms with Gasteiger partial charge in [0.1, 0.15) is 11.9 Å². The molecule has 0 heterocycles. The maximum absolute atomic E-state index is 13.8. The molecular formula is C28H37ClN2O4. The second kappa shape index (κ2) is 13.4. The number of benzene rings is 2. The van der Waals surface area contributed by atoms with Crippen molar-refractivity contribution < 1.29 is 19.1 Å². The van der Waals surface area contributed by atoms with Crippen LogP contribution in [0.3, 0.4) is 0 Å². The number of nitrogens with zero attached hydrogens (tertiary/aromatic N) is 1. The Balaban J connectivity index is 2.00. The van der Waals surface area contributed by atoms with Crippen LogP contribution in [-0.2, 0) is 16.1 Å². The molecule has 6 nitrogen and oxygen atoms in total. The highest BCUT2D eigenvalue weighted by atomic mass is 35.5. The molecule has 0 spiro atoms. The summed E-state index contributed by atoms with van der Waals surface area (Å²) in [5.41, 5.74) is 1.57. The van der Waals surface area contributed by atoms with Gasteiger partial charge < -0.3 is 19.7 Å². The van der Waals surface area contributed by atoms with Crippen molar-refractivity contribution in [1.82, 2.24) is 10.2 Å². The predicted molar refractivity (Wildman–Crippen MR) is 139 cm³/mol. The molecule has 0 bridgehead atoms. The maximum atomic E-state index is 13.8. The number of ether oxygens (including phenoxy) is 2. The Kier molecular flexibility index (Phi) is 10.3. The lowest BCUT2D eigenvalue weighted by molar-refractivity contribution is -0.140. The molecule has 190 valence electrons. The first-order valence-corrected chi connectivity index (χ1v) is 13.0. The monoisotopic (exact) mass is 500 g/mol. The highest BCUT2D eigenvalue weighted by molar-refractivity contribution is 6.27. The highest BCUT2D eigenvalue weighted by Crippen LogP contribution is 2.34. The third-order valence-corrected chi connectivity index (χ3v) is 6.49. The van der Waals surface area contributed by atoms with Gasteiger partial charge in [0, 0.05) is 12.6 Å². The first kappa shape index (κ1) is 26.9. The first-order valence-electron chi connectivity index (χ1n) is 12.5. The molecule has 2 amide bonds. The Morgan fingerprint density at radius 1 is 1.03 bits per heavy atom. The van der Waals surface area contributed by atoms with Crippen LogP contribution in [-0.4, -0.2) is 41.8 Å². The summed E-state index contributed by atoms with van der Waals surface area (Å²) < 4.78 is 11.4. The molecule has 1 N–H and O–H groups in total. The van der Waals surface area contributed by atoms with Crippen LogP contribution in [0.25, 0.3) is 0 Å². The van der Waals surface area contributed by atoms with Gasteiger partial charge >= 0.3 is 0 Å². The van der Waals surface area contributed by atoms with E-state index in [9.17, 15) is 9.59 Å². The van der Waals surface area contributed by atoms with Gasteiger partial charge in [0.2, 0.25) is 11.8 Å². The second-order valence-electron chi connectivity index (χ2n) is 9.32. The van der Waals surface area contributed by atoms with Crippen LogP contribution in [0.15, 0.2) is 48.5 Å². The summed E-state index contributed by atoms with van der Waals surface area (Å²) in [5, 5.41) is 3.24. The Labute approximate surface area is 213 Å². The summed E-state index contributed by atoms with van der Waals surface area (Å²) in [6.45, 7) is 4.15. The van der Waals surface area contributed by atoms with E-state index in [1.54, 1.807) is 24.1 Å². The van der Waals surface area contributed by atoms with E-state index in [1.165, 1.54) is 12.8 Å². The van der Waals surface area contributed by atoms with Gasteiger partial charge in [-0.25, -0.2) is 0 Å². The van der Waals surface area contributed by atoms with Crippen LogP contribution in [0.2, 0.25) is 0 Å². The molecule has 35 heavy (non-hydrogen) atoms. The van der Waals surface area contributed by atoms with Gasteiger partial charge in [0.05, 0.1) is 13.2 Å². The van der Waals surface area contributed by atoms with E-state index in [4.69, 9.17) is 21.1 Å². The van der Waals surface area contributed by atoms with E-state index in [1.807, 2.05) is 50.2 Å². The first-order chi connectivity index (χ1) is 16.9. The van der Waals surface area contributed by atoms with E-state index < -0.39 is 6.04 Å². The third kappa shape index (κ3) is 7.63. The minimum atomic E-state index is -0.855. The average molecular weight is 501 g/mol. The molecule has 7 heteroatoms. The zero-order valence-corrected chi connectivity index (χ0v) is 21.7. The summed E-state index contributed by atoms with van der Waals surface area (Å²) in [5.74, 6) is 0.379. The number of rotatable bonds is 10. The fourth-order valence-electron chi connectivity index (χ4n) is 4.56. The average Bonchev–Trinajstić information content (AvgIpc) is 3.12. The highest BCUT2D eigenvalue weighted by Gasteiger charge is 2.33. The van der Waals surface area contributed by atoms with Crippen molar-refractivity contribution in [3.63, 3.8) is 0 Å². The molecule has 2 aromatic carbocycles. The fourth-order valence-corrected chi connectivity index (χ4v) is 4.72. The third-order valence-electron chi connectivity index (χ3n) is 6.26. The summed E-state index contributed by atoms with van der Waals surface area (Å²) in [6.07, 6.45) is 6.44. The number of hydrogen-bond donors (Lipinski definition) is 1.